The largest absolute Gasteiger partial charge is 0.494 e. The second kappa shape index (κ2) is 9.75. The molecule has 3 aromatic rings. The highest BCUT2D eigenvalue weighted by Gasteiger charge is 2.22. The fourth-order valence-electron chi connectivity index (χ4n) is 3.05. The Morgan fingerprint density at radius 1 is 0.821 bits per heavy atom. The van der Waals surface area contributed by atoms with Gasteiger partial charge in [0.25, 0.3) is 0 Å². The minimum absolute atomic E-state index is 0.0501. The first kappa shape index (κ1) is 19.7. The van der Waals surface area contributed by atoms with Crippen molar-refractivity contribution >= 4 is 11.6 Å². The Labute approximate surface area is 167 Å². The van der Waals surface area contributed by atoms with Crippen molar-refractivity contribution in [3.05, 3.63) is 96.1 Å². The zero-order valence-corrected chi connectivity index (χ0v) is 16.5. The second-order valence-electron chi connectivity index (χ2n) is 7.30. The van der Waals surface area contributed by atoms with E-state index in [-0.39, 0.29) is 11.8 Å². The first-order valence-electron chi connectivity index (χ1n) is 9.77. The Morgan fingerprint density at radius 3 is 1.86 bits per heavy atom. The maximum absolute atomic E-state index is 13.1. The van der Waals surface area contributed by atoms with Crippen molar-refractivity contribution in [2.75, 3.05) is 11.9 Å². The number of rotatable bonds is 8. The molecule has 0 fully saturated rings. The quantitative estimate of drug-likeness (QED) is 0.535. The number of ether oxygens (including phenoxy) is 1. The van der Waals surface area contributed by atoms with E-state index in [2.05, 4.69) is 19.2 Å². The summed E-state index contributed by atoms with van der Waals surface area (Å²) in [6.45, 7) is 5.06. The van der Waals surface area contributed by atoms with Crippen LogP contribution < -0.4 is 10.1 Å². The molecule has 1 amide bonds. The molecule has 0 radical (unpaired) electrons. The smallest absolute Gasteiger partial charge is 0.236 e. The number of anilines is 1. The molecular weight excluding hydrogens is 346 g/mol. The average molecular weight is 373 g/mol. The molecule has 1 N–H and O–H groups in total. The van der Waals surface area contributed by atoms with Crippen molar-refractivity contribution in [2.45, 2.75) is 26.2 Å². The molecule has 0 heterocycles. The van der Waals surface area contributed by atoms with Crippen LogP contribution in [0.2, 0.25) is 0 Å². The summed E-state index contributed by atoms with van der Waals surface area (Å²) in [4.78, 5) is 13.1. The third-order valence-corrected chi connectivity index (χ3v) is 4.61. The van der Waals surface area contributed by atoms with Gasteiger partial charge >= 0.3 is 0 Å². The lowest BCUT2D eigenvalue weighted by Gasteiger charge is -2.18. The fourth-order valence-corrected chi connectivity index (χ4v) is 3.05. The highest BCUT2D eigenvalue weighted by Crippen LogP contribution is 2.26. The van der Waals surface area contributed by atoms with E-state index in [1.807, 2.05) is 84.9 Å². The van der Waals surface area contributed by atoms with Crippen LogP contribution in [0, 0.1) is 5.92 Å². The van der Waals surface area contributed by atoms with Gasteiger partial charge < -0.3 is 10.1 Å². The molecule has 0 atom stereocenters. The predicted octanol–water partition coefficient (Wildman–Crippen LogP) is 5.88. The topological polar surface area (TPSA) is 38.3 Å². The molecule has 0 saturated heterocycles. The number of carbonyl (C=O) groups is 1. The second-order valence-corrected chi connectivity index (χ2v) is 7.30. The van der Waals surface area contributed by atoms with Crippen LogP contribution in [0.4, 0.5) is 5.69 Å². The van der Waals surface area contributed by atoms with Gasteiger partial charge in [-0.15, -0.1) is 0 Å². The van der Waals surface area contributed by atoms with Crippen molar-refractivity contribution in [2.24, 2.45) is 5.92 Å². The third-order valence-electron chi connectivity index (χ3n) is 4.61. The molecule has 0 aliphatic heterocycles. The van der Waals surface area contributed by atoms with Crippen LogP contribution in [-0.4, -0.2) is 12.5 Å². The third kappa shape index (κ3) is 5.46. The Hall–Kier alpha value is -3.07. The molecule has 0 aliphatic rings. The van der Waals surface area contributed by atoms with Crippen molar-refractivity contribution in [3.8, 4) is 5.75 Å². The number of hydrogen-bond donors (Lipinski definition) is 1. The van der Waals surface area contributed by atoms with Crippen LogP contribution in [0.1, 0.15) is 37.3 Å². The van der Waals surface area contributed by atoms with Crippen LogP contribution in [0.5, 0.6) is 5.75 Å². The van der Waals surface area contributed by atoms with Gasteiger partial charge in [0.1, 0.15) is 5.75 Å². The van der Waals surface area contributed by atoms with Crippen LogP contribution in [0.15, 0.2) is 84.9 Å². The summed E-state index contributed by atoms with van der Waals surface area (Å²) in [5.74, 6) is 1.03. The monoisotopic (exact) mass is 373 g/mol. The van der Waals surface area contributed by atoms with E-state index in [0.717, 1.165) is 29.0 Å². The van der Waals surface area contributed by atoms with Gasteiger partial charge in [-0.1, -0.05) is 74.5 Å². The van der Waals surface area contributed by atoms with Gasteiger partial charge in [0.2, 0.25) is 5.91 Å². The first-order valence-corrected chi connectivity index (χ1v) is 9.77. The van der Waals surface area contributed by atoms with Gasteiger partial charge in [0.15, 0.2) is 0 Å². The Morgan fingerprint density at radius 2 is 1.36 bits per heavy atom. The van der Waals surface area contributed by atoms with E-state index in [1.54, 1.807) is 0 Å². The van der Waals surface area contributed by atoms with E-state index >= 15 is 0 Å². The number of carbonyl (C=O) groups excluding carboxylic acids is 1. The van der Waals surface area contributed by atoms with Gasteiger partial charge in [-0.25, -0.2) is 0 Å². The summed E-state index contributed by atoms with van der Waals surface area (Å²) in [6.07, 6.45) is 1.02. The van der Waals surface area contributed by atoms with Crippen molar-refractivity contribution in [3.63, 3.8) is 0 Å². The lowest BCUT2D eigenvalue weighted by Crippen LogP contribution is -2.22. The minimum atomic E-state index is -0.357. The molecular formula is C25H27NO2. The van der Waals surface area contributed by atoms with E-state index in [4.69, 9.17) is 4.74 Å². The lowest BCUT2D eigenvalue weighted by atomic mass is 9.90. The van der Waals surface area contributed by atoms with Crippen molar-refractivity contribution in [1.82, 2.24) is 0 Å². The summed E-state index contributed by atoms with van der Waals surface area (Å²) in [7, 11) is 0. The summed E-state index contributed by atoms with van der Waals surface area (Å²) in [5.41, 5.74) is 2.71. The Balaban J connectivity index is 1.72. The van der Waals surface area contributed by atoms with Crippen molar-refractivity contribution < 1.29 is 9.53 Å². The van der Waals surface area contributed by atoms with Gasteiger partial charge in [-0.2, -0.15) is 0 Å². The normalized spacial score (nSPS) is 10.9. The van der Waals surface area contributed by atoms with E-state index in [1.165, 1.54) is 0 Å². The molecule has 3 aromatic carbocycles. The average Bonchev–Trinajstić information content (AvgIpc) is 2.71. The van der Waals surface area contributed by atoms with Crippen LogP contribution in [0.3, 0.4) is 0 Å². The van der Waals surface area contributed by atoms with Gasteiger partial charge in [0, 0.05) is 5.69 Å². The standard InChI is InChI=1S/C25H27NO2/c1-19(2)17-18-28-23-15-13-22(14-16-23)26-25(27)24(20-9-5-3-6-10-20)21-11-7-4-8-12-21/h3-16,19,24H,17-18H2,1-2H3,(H,26,27). The number of hydrogen-bond acceptors (Lipinski definition) is 2. The van der Waals surface area contributed by atoms with Crippen LogP contribution >= 0.6 is 0 Å². The molecule has 0 aliphatic carbocycles. The Kier molecular flexibility index (Phi) is 6.85. The lowest BCUT2D eigenvalue weighted by molar-refractivity contribution is -0.116. The van der Waals surface area contributed by atoms with E-state index < -0.39 is 0 Å². The van der Waals surface area contributed by atoms with Gasteiger partial charge in [-0.3, -0.25) is 4.79 Å². The number of amides is 1. The maximum Gasteiger partial charge on any atom is 0.236 e. The SMILES string of the molecule is CC(C)CCOc1ccc(NC(=O)C(c2ccccc2)c2ccccc2)cc1. The minimum Gasteiger partial charge on any atom is -0.494 e. The highest BCUT2D eigenvalue weighted by molar-refractivity contribution is 5.98. The Bertz CT molecular complexity index is 819. The van der Waals surface area contributed by atoms with E-state index in [0.29, 0.717) is 12.5 Å². The fraction of sp³-hybridized carbons (Fsp3) is 0.240. The molecule has 0 bridgehead atoms. The summed E-state index contributed by atoms with van der Waals surface area (Å²) in [5, 5.41) is 3.05. The molecule has 3 heteroatoms. The van der Waals surface area contributed by atoms with Gasteiger partial charge in [-0.05, 0) is 47.7 Å². The molecule has 0 saturated carbocycles. The predicted molar refractivity (Wildman–Crippen MR) is 115 cm³/mol. The molecule has 0 unspecified atom stereocenters. The summed E-state index contributed by atoms with van der Waals surface area (Å²) in [6, 6.07) is 27.3. The molecule has 28 heavy (non-hydrogen) atoms. The molecule has 3 rings (SSSR count). The number of nitrogens with one attached hydrogen (secondary N) is 1. The van der Waals surface area contributed by atoms with Crippen LogP contribution in [0.25, 0.3) is 0 Å². The summed E-state index contributed by atoms with van der Waals surface area (Å²) >= 11 is 0. The molecule has 144 valence electrons. The van der Waals surface area contributed by atoms with Crippen molar-refractivity contribution in [1.29, 1.82) is 0 Å². The van der Waals surface area contributed by atoms with E-state index in [9.17, 15) is 4.79 Å². The zero-order chi connectivity index (χ0) is 19.8. The summed E-state index contributed by atoms with van der Waals surface area (Å²) < 4.78 is 5.75. The molecule has 3 nitrogen and oxygen atoms in total. The first-order chi connectivity index (χ1) is 13.6. The van der Waals surface area contributed by atoms with Crippen LogP contribution in [-0.2, 0) is 4.79 Å². The molecule has 0 spiro atoms. The molecule has 0 aromatic heterocycles. The van der Waals surface area contributed by atoms with Gasteiger partial charge in [0.05, 0.1) is 12.5 Å². The maximum atomic E-state index is 13.1. The highest BCUT2D eigenvalue weighted by atomic mass is 16.5. The zero-order valence-electron chi connectivity index (χ0n) is 16.5. The number of benzene rings is 3.